The molecular weight excluding hydrogens is 729 g/mol. The Bertz CT molecular complexity index is 1790. The van der Waals surface area contributed by atoms with Crippen LogP contribution in [-0.2, 0) is 22.3 Å². The van der Waals surface area contributed by atoms with Gasteiger partial charge in [0.05, 0.1) is 33.9 Å². The highest BCUT2D eigenvalue weighted by atomic mass is 79.9. The number of rotatable bonds is 9. The first kappa shape index (κ1) is 36.4. The Balaban J connectivity index is 1.45. The number of hydrogen-bond acceptors (Lipinski definition) is 10. The molecule has 0 unspecified atom stereocenters. The molecule has 0 aliphatic carbocycles. The summed E-state index contributed by atoms with van der Waals surface area (Å²) in [6.45, 7) is 3.77. The summed E-state index contributed by atoms with van der Waals surface area (Å²) in [5, 5.41) is 20.9. The fourth-order valence-electron chi connectivity index (χ4n) is 6.09. The number of carbonyl (C=O) groups excluding carboxylic acids is 3. The first-order valence-electron chi connectivity index (χ1n) is 15.6. The Morgan fingerprint density at radius 3 is 2.46 bits per heavy atom. The van der Waals surface area contributed by atoms with Gasteiger partial charge >= 0.3 is 6.18 Å². The molecule has 266 valence electrons. The van der Waals surface area contributed by atoms with Gasteiger partial charge in [0.2, 0.25) is 5.91 Å². The van der Waals surface area contributed by atoms with Crippen LogP contribution in [0.3, 0.4) is 0 Å². The van der Waals surface area contributed by atoms with Gasteiger partial charge < -0.3 is 30.5 Å². The lowest BCUT2D eigenvalue weighted by atomic mass is 10.1. The van der Waals surface area contributed by atoms with Crippen LogP contribution in [0.2, 0.25) is 0 Å². The Morgan fingerprint density at radius 2 is 1.80 bits per heavy atom. The molecule has 0 saturated carbocycles. The van der Waals surface area contributed by atoms with Crippen molar-refractivity contribution in [1.82, 2.24) is 25.1 Å². The number of likely N-dealkylation sites (tertiary alicyclic amines) is 1. The minimum Gasteiger partial charge on any atom is -0.387 e. The number of hydrogen-bond donors (Lipinski definition) is 3. The van der Waals surface area contributed by atoms with Gasteiger partial charge in [0.15, 0.2) is 0 Å². The first-order chi connectivity index (χ1) is 23.6. The number of nitrogens with zero attached hydrogens (tertiary/aromatic N) is 5. The average Bonchev–Trinajstić information content (AvgIpc) is 3.50. The molecule has 5 rings (SSSR count). The maximum Gasteiger partial charge on any atom is 0.433 e. The number of halogens is 4. The van der Waals surface area contributed by atoms with Crippen molar-refractivity contribution >= 4 is 50.7 Å². The molecule has 2 fully saturated rings. The van der Waals surface area contributed by atoms with Crippen LogP contribution in [0.1, 0.15) is 52.2 Å². The van der Waals surface area contributed by atoms with Gasteiger partial charge in [-0.1, -0.05) is 15.9 Å². The number of nitrogens with one attached hydrogen (secondary N) is 3. The van der Waals surface area contributed by atoms with Crippen LogP contribution < -0.4 is 16.0 Å². The van der Waals surface area contributed by atoms with Crippen molar-refractivity contribution in [2.45, 2.75) is 57.3 Å². The van der Waals surface area contributed by atoms with Gasteiger partial charge in [0.25, 0.3) is 17.5 Å². The minimum absolute atomic E-state index is 0.0160. The average molecular weight is 764 g/mol. The lowest BCUT2D eigenvalue weighted by Gasteiger charge is -2.35. The third kappa shape index (κ3) is 8.30. The van der Waals surface area contributed by atoms with E-state index in [2.05, 4.69) is 41.8 Å². The molecule has 2 aromatic heterocycles. The zero-order valence-electron chi connectivity index (χ0n) is 27.2. The number of alkyl halides is 3. The van der Waals surface area contributed by atoms with E-state index < -0.39 is 52.3 Å². The van der Waals surface area contributed by atoms with Crippen LogP contribution >= 0.6 is 15.9 Å². The van der Waals surface area contributed by atoms with Crippen molar-refractivity contribution in [2.24, 2.45) is 0 Å². The molecule has 1 aromatic carbocycles. The number of pyridine rings is 2. The molecule has 3 amide bonds. The predicted molar refractivity (Wildman–Crippen MR) is 178 cm³/mol. The van der Waals surface area contributed by atoms with E-state index in [0.29, 0.717) is 10.2 Å². The first-order valence-corrected chi connectivity index (χ1v) is 16.4. The molecule has 14 nitrogen and oxygen atoms in total. The Hall–Kier alpha value is -4.84. The number of nitro groups is 1. The molecule has 0 spiro atoms. The number of nitro benzene ring substituents is 1. The molecule has 4 atom stereocenters. The standard InChI is InChI=1S/C32H34BrF3N8O6/c1-17-14-42(15-18(2)50-17)31(47)24-8-21(33)9-25(44(48)49)28(24)41-23-10-26(43(16-23)30(46)20-7-22(37-3)13-38-12-20)29(45)40-11-19-4-5-39-27(6-19)32(34,35)36/h4-9,12-13,17-18,23,26,37,41H,10-11,14-16H2,1-3H3,(H,40,45)/t17-,18+,23-,26+/m1/s1. The lowest BCUT2D eigenvalue weighted by Crippen LogP contribution is -2.48. The van der Waals surface area contributed by atoms with E-state index >= 15 is 0 Å². The van der Waals surface area contributed by atoms with Crippen molar-refractivity contribution in [1.29, 1.82) is 0 Å². The second-order valence-electron chi connectivity index (χ2n) is 12.1. The summed E-state index contributed by atoms with van der Waals surface area (Å²) < 4.78 is 45.7. The van der Waals surface area contributed by atoms with Crippen molar-refractivity contribution in [3.63, 3.8) is 0 Å². The highest BCUT2D eigenvalue weighted by Gasteiger charge is 2.42. The van der Waals surface area contributed by atoms with Crippen LogP contribution in [-0.4, -0.2) is 93.4 Å². The summed E-state index contributed by atoms with van der Waals surface area (Å²) in [5.41, 5.74) is -0.759. The van der Waals surface area contributed by atoms with Crippen LogP contribution in [0, 0.1) is 10.1 Å². The van der Waals surface area contributed by atoms with Gasteiger partial charge in [0, 0.05) is 68.4 Å². The minimum atomic E-state index is -4.68. The fourth-order valence-corrected chi connectivity index (χ4v) is 6.54. The molecule has 18 heteroatoms. The molecular formula is C32H34BrF3N8O6. The van der Waals surface area contributed by atoms with Crippen LogP contribution in [0.5, 0.6) is 0 Å². The van der Waals surface area contributed by atoms with Crippen LogP contribution in [0.15, 0.2) is 53.4 Å². The molecule has 50 heavy (non-hydrogen) atoms. The van der Waals surface area contributed by atoms with E-state index in [9.17, 15) is 37.7 Å². The molecule has 2 aliphatic rings. The van der Waals surface area contributed by atoms with Crippen LogP contribution in [0.25, 0.3) is 0 Å². The molecule has 3 aromatic rings. The maximum atomic E-state index is 13.9. The summed E-state index contributed by atoms with van der Waals surface area (Å²) >= 11 is 3.28. The summed E-state index contributed by atoms with van der Waals surface area (Å²) in [6.07, 6.45) is -1.45. The number of ether oxygens (including phenoxy) is 1. The molecule has 2 saturated heterocycles. The van der Waals surface area contributed by atoms with Gasteiger partial charge in [-0.25, -0.2) is 0 Å². The second-order valence-corrected chi connectivity index (χ2v) is 13.0. The Morgan fingerprint density at radius 1 is 1.08 bits per heavy atom. The van der Waals surface area contributed by atoms with E-state index in [-0.39, 0.29) is 67.2 Å². The topological polar surface area (TPSA) is 172 Å². The van der Waals surface area contributed by atoms with Crippen molar-refractivity contribution in [3.8, 4) is 0 Å². The quantitative estimate of drug-likeness (QED) is 0.209. The third-order valence-electron chi connectivity index (χ3n) is 8.28. The number of amides is 3. The van der Waals surface area contributed by atoms with E-state index in [1.165, 1.54) is 35.5 Å². The summed E-state index contributed by atoms with van der Waals surface area (Å²) in [5.74, 6) is -1.70. The third-order valence-corrected chi connectivity index (χ3v) is 8.74. The normalized spacial score (nSPS) is 20.7. The highest BCUT2D eigenvalue weighted by Crippen LogP contribution is 2.36. The maximum absolute atomic E-state index is 13.9. The van der Waals surface area contributed by atoms with E-state index in [0.717, 1.165) is 12.3 Å². The molecule has 4 heterocycles. The van der Waals surface area contributed by atoms with E-state index in [1.54, 1.807) is 18.0 Å². The van der Waals surface area contributed by atoms with Crippen molar-refractivity contribution < 1.29 is 37.2 Å². The zero-order valence-corrected chi connectivity index (χ0v) is 28.7. The van der Waals surface area contributed by atoms with Gasteiger partial charge in [-0.2, -0.15) is 13.2 Å². The van der Waals surface area contributed by atoms with Gasteiger partial charge in [-0.3, -0.25) is 34.5 Å². The Kier molecular flexibility index (Phi) is 10.9. The summed E-state index contributed by atoms with van der Waals surface area (Å²) in [7, 11) is 1.64. The smallest absolute Gasteiger partial charge is 0.387 e. The Labute approximate surface area is 293 Å². The van der Waals surface area contributed by atoms with E-state index in [4.69, 9.17) is 4.74 Å². The molecule has 3 N–H and O–H groups in total. The predicted octanol–water partition coefficient (Wildman–Crippen LogP) is 4.47. The number of carbonyl (C=O) groups is 3. The highest BCUT2D eigenvalue weighted by molar-refractivity contribution is 9.10. The molecule has 0 radical (unpaired) electrons. The number of benzene rings is 1. The van der Waals surface area contributed by atoms with Gasteiger partial charge in [0.1, 0.15) is 17.4 Å². The van der Waals surface area contributed by atoms with Gasteiger partial charge in [-0.15, -0.1) is 0 Å². The van der Waals surface area contributed by atoms with Crippen molar-refractivity contribution in [2.75, 3.05) is 37.3 Å². The lowest BCUT2D eigenvalue weighted by molar-refractivity contribution is -0.384. The summed E-state index contributed by atoms with van der Waals surface area (Å²) in [4.78, 5) is 63.3. The summed E-state index contributed by atoms with van der Waals surface area (Å²) in [6, 6.07) is 4.51. The number of morpholine rings is 1. The van der Waals surface area contributed by atoms with E-state index in [1.807, 2.05) is 13.8 Å². The van der Waals surface area contributed by atoms with Crippen molar-refractivity contribution in [3.05, 3.63) is 85.9 Å². The number of aromatic nitrogens is 2. The van der Waals surface area contributed by atoms with Gasteiger partial charge in [-0.05, 0) is 50.1 Å². The largest absolute Gasteiger partial charge is 0.433 e. The fraction of sp³-hybridized carbons (Fsp3) is 0.406. The number of anilines is 2. The van der Waals surface area contributed by atoms with Crippen LogP contribution in [0.4, 0.5) is 30.2 Å². The monoisotopic (exact) mass is 762 g/mol. The molecule has 0 bridgehead atoms. The second kappa shape index (κ2) is 15.0. The SMILES string of the molecule is CNc1cncc(C(=O)N2C[C@H](Nc3c(C(=O)N4C[C@@H](C)O[C@@H](C)C4)cc(Br)cc3[N+](=O)[O-])C[C@H]2C(=O)NCc2ccnc(C(F)(F)F)c2)c1. The molecule has 2 aliphatic heterocycles. The zero-order chi connectivity index (χ0) is 36.3.